The molecule has 4 amide bonds. The molecule has 0 radical (unpaired) electrons. The molecule has 31 nitrogen and oxygen atoms in total. The van der Waals surface area contributed by atoms with Crippen LogP contribution in [0.5, 0.6) is 0 Å². The van der Waals surface area contributed by atoms with Crippen molar-refractivity contribution in [1.82, 2.24) is 59.7 Å². The summed E-state index contributed by atoms with van der Waals surface area (Å²) < 4.78 is 30.0. The van der Waals surface area contributed by atoms with Crippen LogP contribution in [0.1, 0.15) is 141 Å². The molecule has 9 heterocycles. The van der Waals surface area contributed by atoms with Gasteiger partial charge >= 0.3 is 55.2 Å². The van der Waals surface area contributed by atoms with E-state index < -0.39 is 52.7 Å². The standard InChI is InChI=1S/C16H26N4O2.C13H18N2O4.C11H15BrN2O2.C11H18N4.C11H16N2O3.C8H10N2O2.C5H12N2.Al.Li.4H/c1-16(2,3)22-15(21)18-14-6-5-13(11-17-14)12-20-9-7-19(4)8-10-20;1-5-18-11(16)9-6-7-10(14-8-9)15-12(17)19-13(2,3)4;1-11(2,3)16-10(15)14-9-5-4-8(6-12)7-13-9;1-14-4-6-15(7-5-14)9-10-2-3-11(12)13-8-10;1-11(2,3)16-10(15)13-9-5-4-8(7-14)6-12-9;1-2-12-8(11)6-3-4-7(9)10-5-6;1-7-4-2-6-3-5-7;;;;;;/h5-6,11H,7-10,12H2,1-4H3,(H,17,18,21);6-8H,5H2,1-4H3,(H,14,15,17);4-5,7H,6H2,1-3H3,(H,13,14,15);2-3,8H,4-7,9H2,1H3,(H2,12,13);4-6,14H,7H2,1-3H3,(H,12,13,15);3-5H,2H2,1H3,(H2,9,10);6H,2-5H2,1H3;;;;;;/q;;;;;;;;+1;;;;-1. The van der Waals surface area contributed by atoms with E-state index in [-0.39, 0.29) is 50.2 Å². The molecule has 0 atom stereocenters. The van der Waals surface area contributed by atoms with E-state index in [4.69, 9.17) is 45.0 Å². The van der Waals surface area contributed by atoms with E-state index in [1.165, 1.54) is 49.4 Å². The van der Waals surface area contributed by atoms with Crippen molar-refractivity contribution < 1.29 is 82.6 Å². The summed E-state index contributed by atoms with van der Waals surface area (Å²) in [6.07, 6.45) is 7.49. The normalized spacial score (nSPS) is 13.9. The van der Waals surface area contributed by atoms with Gasteiger partial charge < -0.3 is 66.4 Å². The Hall–Kier alpha value is -8.15. The van der Waals surface area contributed by atoms with Gasteiger partial charge in [0.1, 0.15) is 57.3 Å². The number of anilines is 6. The number of nitrogen functional groups attached to an aromatic ring is 2. The molecule has 3 aliphatic rings. The number of halogens is 1. The molecule has 0 aliphatic carbocycles. The molecule has 0 saturated carbocycles. The number of aliphatic hydroxyl groups excluding tert-OH is 1. The Balaban J connectivity index is 0.00000127. The summed E-state index contributed by atoms with van der Waals surface area (Å²) in [5, 5.41) is 23.0. The molecule has 598 valence electrons. The van der Waals surface area contributed by atoms with Crippen LogP contribution >= 0.6 is 15.9 Å². The summed E-state index contributed by atoms with van der Waals surface area (Å²) in [6.45, 7) is 41.3. The van der Waals surface area contributed by atoms with Gasteiger partial charge in [-0.3, -0.25) is 31.1 Å². The number of ether oxygens (including phenoxy) is 6. The fourth-order valence-electron chi connectivity index (χ4n) is 8.77. The number of nitrogens with one attached hydrogen (secondary N) is 5. The summed E-state index contributed by atoms with van der Waals surface area (Å²) in [7, 11) is 6.47. The van der Waals surface area contributed by atoms with Crippen molar-refractivity contribution in [3.05, 3.63) is 143 Å². The van der Waals surface area contributed by atoms with Crippen LogP contribution in [0.3, 0.4) is 0 Å². The molecule has 0 spiro atoms. The number of hydrogen-bond donors (Lipinski definition) is 8. The van der Waals surface area contributed by atoms with E-state index in [1.807, 2.05) is 78.2 Å². The molecule has 3 aliphatic heterocycles. The zero-order valence-electron chi connectivity index (χ0n) is 67.4. The number of nitrogens with two attached hydrogens (primary N) is 2. The molecule has 6 aromatic heterocycles. The largest absolute Gasteiger partial charge is 1.00 e. The summed E-state index contributed by atoms with van der Waals surface area (Å²) in [4.78, 5) is 104. The Morgan fingerprint density at radius 2 is 0.725 bits per heavy atom. The number of likely N-dealkylation sites (N-methyl/N-ethyl adjacent to an activating group) is 3. The van der Waals surface area contributed by atoms with Crippen molar-refractivity contribution >= 4 is 105 Å². The number of carbonyl (C=O) groups is 6. The Morgan fingerprint density at radius 1 is 0.440 bits per heavy atom. The van der Waals surface area contributed by atoms with Crippen molar-refractivity contribution in [2.24, 2.45) is 0 Å². The minimum Gasteiger partial charge on any atom is -1.00 e. The number of alkyl halides is 1. The van der Waals surface area contributed by atoms with Crippen molar-refractivity contribution in [2.45, 2.75) is 144 Å². The zero-order valence-corrected chi connectivity index (χ0v) is 68.0. The Bertz CT molecular complexity index is 3490. The molecule has 3 fully saturated rings. The van der Waals surface area contributed by atoms with E-state index in [0.29, 0.717) is 64.8 Å². The average Bonchev–Trinajstić information content (AvgIpc) is 0.908. The van der Waals surface area contributed by atoms with E-state index >= 15 is 0 Å². The van der Waals surface area contributed by atoms with Crippen molar-refractivity contribution in [3.63, 3.8) is 0 Å². The monoisotopic (exact) mass is 1590 g/mol. The first kappa shape index (κ1) is 98.9. The summed E-state index contributed by atoms with van der Waals surface area (Å²) >= 11 is 3.32. The molecule has 10 N–H and O–H groups in total. The molecule has 34 heteroatoms. The fourth-order valence-corrected chi connectivity index (χ4v) is 9.10. The second-order valence-electron chi connectivity index (χ2n) is 28.6. The Labute approximate surface area is 676 Å². The molecule has 3 saturated heterocycles. The summed E-state index contributed by atoms with van der Waals surface area (Å²) in [5.74, 6) is 1.87. The third kappa shape index (κ3) is 47.5. The zero-order chi connectivity index (χ0) is 79.8. The quantitative estimate of drug-likeness (QED) is 0.0242. The number of piperazine rings is 3. The first-order valence-corrected chi connectivity index (χ1v) is 36.4. The van der Waals surface area contributed by atoms with Gasteiger partial charge in [0.2, 0.25) is 0 Å². The average molecular weight is 1590 g/mol. The smallest absolute Gasteiger partial charge is 1.00 e. The second kappa shape index (κ2) is 51.3. The van der Waals surface area contributed by atoms with Gasteiger partial charge in [0.05, 0.1) is 30.9 Å². The van der Waals surface area contributed by atoms with Gasteiger partial charge in [-0.25, -0.2) is 58.7 Å². The maximum absolute atomic E-state index is 11.7. The van der Waals surface area contributed by atoms with Crippen molar-refractivity contribution in [1.29, 1.82) is 0 Å². The number of aromatic nitrogens is 6. The van der Waals surface area contributed by atoms with Gasteiger partial charge in [0.25, 0.3) is 0 Å². The summed E-state index contributed by atoms with van der Waals surface area (Å²) in [6, 6.07) is 20.8. The van der Waals surface area contributed by atoms with E-state index in [9.17, 15) is 28.8 Å². The third-order valence-corrected chi connectivity index (χ3v) is 14.7. The minimum absolute atomic E-state index is 0. The van der Waals surface area contributed by atoms with Crippen LogP contribution in [0.25, 0.3) is 0 Å². The topological polar surface area (TPSA) is 384 Å². The van der Waals surface area contributed by atoms with Crippen LogP contribution in [0.2, 0.25) is 0 Å². The first-order chi connectivity index (χ1) is 50.3. The van der Waals surface area contributed by atoms with Crippen LogP contribution in [-0.2, 0) is 53.4 Å². The van der Waals surface area contributed by atoms with E-state index in [0.717, 1.165) is 95.0 Å². The second-order valence-corrected chi connectivity index (χ2v) is 29.2. The molecule has 6 aromatic rings. The SMILES string of the molecule is CC(C)(C)OC(=O)Nc1ccc(CBr)cn1.CC(C)(C)OC(=O)Nc1ccc(CO)cn1.CCOC(=O)c1ccc(N)nc1.CCOC(=O)c1ccc(NC(=O)OC(C)(C)C)nc1.CN1CCN(Cc2ccc(N)nc2)CC1.CN1CCN(Cc2ccc(NC(=O)OC(C)(C)C)nc2)CC1.CN1CCNCC1.[AlH3].[H-].[Li+]. The van der Waals surface area contributed by atoms with Crippen LogP contribution in [-0.4, -0.2) is 248 Å². The molecular weight excluding hydrogens is 1470 g/mol. The van der Waals surface area contributed by atoms with Crippen molar-refractivity contribution in [3.8, 4) is 0 Å². The maximum atomic E-state index is 11.7. The van der Waals surface area contributed by atoms with Crippen LogP contribution in [0.15, 0.2) is 110 Å². The molecule has 109 heavy (non-hydrogen) atoms. The van der Waals surface area contributed by atoms with Gasteiger partial charge in [0.15, 0.2) is 17.4 Å². The summed E-state index contributed by atoms with van der Waals surface area (Å²) in [5.41, 5.74) is 13.7. The molecular formula is C75H119AlBrLiN18O13. The van der Waals surface area contributed by atoms with Gasteiger partial charge in [-0.05, 0) is 189 Å². The van der Waals surface area contributed by atoms with Crippen molar-refractivity contribution in [2.75, 3.05) is 146 Å². The number of pyridine rings is 6. The number of carbonyl (C=O) groups excluding carboxylic acids is 6. The van der Waals surface area contributed by atoms with Gasteiger partial charge in [-0.1, -0.05) is 40.2 Å². The molecule has 0 unspecified atom stereocenters. The number of aliphatic hydroxyl groups is 1. The number of nitrogens with zero attached hydrogens (tertiary/aromatic N) is 11. The predicted molar refractivity (Wildman–Crippen MR) is 431 cm³/mol. The number of rotatable bonds is 14. The molecule has 9 rings (SSSR count). The number of amides is 4. The predicted octanol–water partition coefficient (Wildman–Crippen LogP) is 6.73. The molecule has 0 aromatic carbocycles. The van der Waals surface area contributed by atoms with Crippen LogP contribution in [0.4, 0.5) is 54.1 Å². The van der Waals surface area contributed by atoms with E-state index in [1.54, 1.807) is 91.9 Å². The van der Waals surface area contributed by atoms with Crippen LogP contribution < -0.4 is 56.9 Å². The number of esters is 2. The molecule has 0 bridgehead atoms. The Kier molecular flexibility index (Phi) is 46.6. The van der Waals surface area contributed by atoms with Crippen LogP contribution in [0, 0.1) is 0 Å². The van der Waals surface area contributed by atoms with E-state index in [2.05, 4.69) is 124 Å². The van der Waals surface area contributed by atoms with Gasteiger partial charge in [-0.2, -0.15) is 0 Å². The van der Waals surface area contributed by atoms with Gasteiger partial charge in [-0.15, -0.1) is 0 Å². The minimum atomic E-state index is -0.594. The third-order valence-electron chi connectivity index (χ3n) is 14.1. The first-order valence-electron chi connectivity index (χ1n) is 35.3. The van der Waals surface area contributed by atoms with Gasteiger partial charge in [0, 0.05) is 134 Å². The maximum Gasteiger partial charge on any atom is 1.00 e. The fraction of sp³-hybridized carbons (Fsp3) is 0.520. The Morgan fingerprint density at radius 3 is 0.982 bits per heavy atom. The number of hydrogen-bond acceptors (Lipinski definition) is 27.